The first-order valence-corrected chi connectivity index (χ1v) is 20.2. The highest BCUT2D eigenvalue weighted by Gasteiger charge is 2.68. The second-order valence-corrected chi connectivity index (χ2v) is 18.7. The van der Waals surface area contributed by atoms with Crippen LogP contribution in [0, 0.1) is 5.92 Å². The van der Waals surface area contributed by atoms with Crippen LogP contribution in [0.15, 0.2) is 17.1 Å². The lowest BCUT2D eigenvalue weighted by Gasteiger charge is -2.43. The lowest BCUT2D eigenvalue weighted by Crippen LogP contribution is -2.55. The summed E-state index contributed by atoms with van der Waals surface area (Å²) in [6.45, 7) is 16.0. The van der Waals surface area contributed by atoms with Gasteiger partial charge in [-0.15, -0.1) is 0 Å². The number of likely N-dealkylation sites (tertiary alicyclic amines) is 1. The Balaban J connectivity index is 1.19. The van der Waals surface area contributed by atoms with Gasteiger partial charge in [0.05, 0.1) is 5.41 Å². The number of amides is 5. The van der Waals surface area contributed by atoms with E-state index in [4.69, 9.17) is 23.7 Å². The molecular weight excluding hydrogens is 766 g/mol. The van der Waals surface area contributed by atoms with E-state index in [-0.39, 0.29) is 50.0 Å². The van der Waals surface area contributed by atoms with Crippen LogP contribution < -0.4 is 30.7 Å². The number of carbonyl (C=O) groups excluding carboxylic acids is 6. The van der Waals surface area contributed by atoms with Gasteiger partial charge in [-0.2, -0.15) is 0 Å². The molecule has 2 fully saturated rings. The summed E-state index contributed by atoms with van der Waals surface area (Å²) in [4.78, 5) is 85.6. The molecule has 2 aliphatic heterocycles. The molecule has 2 bridgehead atoms. The van der Waals surface area contributed by atoms with Crippen LogP contribution in [0.1, 0.15) is 99.1 Å². The summed E-state index contributed by atoms with van der Waals surface area (Å²) in [7, 11) is 3.63. The number of hydrogen-bond acceptors (Lipinski definition) is 13. The van der Waals surface area contributed by atoms with Gasteiger partial charge in [-0.05, 0) is 113 Å². The maximum Gasteiger partial charge on any atom is 0.415 e. The highest BCUT2D eigenvalue weighted by Crippen LogP contribution is 2.63. The summed E-state index contributed by atoms with van der Waals surface area (Å²) in [6.07, 6.45) is -1.37. The minimum absolute atomic E-state index is 0.0116. The average Bonchev–Trinajstić information content (AvgIpc) is 3.53. The van der Waals surface area contributed by atoms with E-state index in [1.54, 1.807) is 68.4 Å². The largest absolute Gasteiger partial charge is 0.477 e. The van der Waals surface area contributed by atoms with Gasteiger partial charge >= 0.3 is 24.4 Å². The molecule has 1 saturated carbocycles. The van der Waals surface area contributed by atoms with E-state index < -0.39 is 64.6 Å². The molecule has 4 aliphatic rings. The Morgan fingerprint density at radius 3 is 2.17 bits per heavy atom. The van der Waals surface area contributed by atoms with Crippen LogP contribution in [0.25, 0.3) is 0 Å². The van der Waals surface area contributed by atoms with Crippen molar-refractivity contribution < 1.29 is 52.5 Å². The highest BCUT2D eigenvalue weighted by molar-refractivity contribution is 6.01. The SMILES string of the molecule is CN(CCNC(=O)[C@H](CCCN=C(NC(=O)OC(C)(C)C)NC(=O)OC(C)(C)C)NC(=O)OC(C)(C)C)C(=O)Oc1ccc2c3c1OC1C(=O)CCC4[C@@H](C2)N(C)C[C@]314. The minimum atomic E-state index is -1.07. The smallest absolute Gasteiger partial charge is 0.415 e. The molecule has 326 valence electrons. The monoisotopic (exact) mass is 827 g/mol. The van der Waals surface area contributed by atoms with Crippen molar-refractivity contribution >= 4 is 42.0 Å². The molecule has 2 aliphatic carbocycles. The molecule has 1 saturated heterocycles. The summed E-state index contributed by atoms with van der Waals surface area (Å²) in [5.74, 6) is 0.316. The molecule has 1 spiro atoms. The maximum absolute atomic E-state index is 13.5. The third-order valence-corrected chi connectivity index (χ3v) is 10.4. The van der Waals surface area contributed by atoms with E-state index in [9.17, 15) is 28.8 Å². The maximum atomic E-state index is 13.5. The van der Waals surface area contributed by atoms with E-state index in [2.05, 4.69) is 38.2 Å². The fraction of sp³-hybridized carbons (Fsp3) is 0.683. The quantitative estimate of drug-likeness (QED) is 0.113. The van der Waals surface area contributed by atoms with Gasteiger partial charge in [0.1, 0.15) is 22.8 Å². The van der Waals surface area contributed by atoms with Gasteiger partial charge in [0.2, 0.25) is 11.9 Å². The Labute approximate surface area is 345 Å². The van der Waals surface area contributed by atoms with E-state index in [1.807, 2.05) is 6.07 Å². The molecule has 2 heterocycles. The van der Waals surface area contributed by atoms with Crippen LogP contribution in [0.2, 0.25) is 0 Å². The Bertz CT molecular complexity index is 1820. The van der Waals surface area contributed by atoms with Gasteiger partial charge in [0.15, 0.2) is 23.4 Å². The van der Waals surface area contributed by atoms with Crippen molar-refractivity contribution in [2.45, 2.75) is 135 Å². The number of hydrogen-bond donors (Lipinski definition) is 4. The van der Waals surface area contributed by atoms with Crippen molar-refractivity contribution in [3.05, 3.63) is 23.3 Å². The summed E-state index contributed by atoms with van der Waals surface area (Å²) in [5, 5.41) is 10.2. The van der Waals surface area contributed by atoms with Crippen LogP contribution in [0.5, 0.6) is 11.5 Å². The second kappa shape index (κ2) is 17.2. The van der Waals surface area contributed by atoms with Crippen LogP contribution in [0.4, 0.5) is 19.2 Å². The number of rotatable bonds is 10. The summed E-state index contributed by atoms with van der Waals surface area (Å²) >= 11 is 0. The zero-order valence-electron chi connectivity index (χ0n) is 36.2. The molecule has 5 amide bonds. The van der Waals surface area contributed by atoms with Gasteiger partial charge in [-0.25, -0.2) is 19.2 Å². The minimum Gasteiger partial charge on any atom is -0.477 e. The molecule has 4 N–H and O–H groups in total. The zero-order chi connectivity index (χ0) is 43.7. The number of aliphatic imine (C=N–C) groups is 1. The first kappa shape index (κ1) is 45.0. The standard InChI is InChI=1S/C41H61N7O11/c1-38(2,3)57-34(51)44-25(13-12-18-43-33(45-35(52)58-39(4,5)6)46-36(53)59-40(7,8)9)32(50)42-19-20-47(10)37(54)55-28-17-14-23-21-26-24-15-16-27(49)31-41(24,22-48(26)11)29(23)30(28)56-31/h14,17,24-26,31H,12-13,15-16,18-22H2,1-11H3,(H,42,50)(H,44,51)(H2,43,45,46,52,53)/t24?,25-,26+,31?,41-/m0/s1. The van der Waals surface area contributed by atoms with Crippen molar-refractivity contribution in [3.8, 4) is 11.5 Å². The van der Waals surface area contributed by atoms with Crippen molar-refractivity contribution in [2.24, 2.45) is 10.9 Å². The van der Waals surface area contributed by atoms with Crippen molar-refractivity contribution in [2.75, 3.05) is 40.3 Å². The molecular formula is C41H61N7O11. The van der Waals surface area contributed by atoms with Crippen molar-refractivity contribution in [1.29, 1.82) is 0 Å². The molecule has 0 radical (unpaired) electrons. The molecule has 1 aromatic carbocycles. The van der Waals surface area contributed by atoms with Crippen LogP contribution >= 0.6 is 0 Å². The predicted octanol–water partition coefficient (Wildman–Crippen LogP) is 4.16. The van der Waals surface area contributed by atoms with Crippen LogP contribution in [-0.4, -0.2) is 127 Å². The van der Waals surface area contributed by atoms with Gasteiger partial charge in [-0.3, -0.25) is 25.2 Å². The van der Waals surface area contributed by atoms with Gasteiger partial charge in [0, 0.05) is 51.3 Å². The molecule has 18 heteroatoms. The van der Waals surface area contributed by atoms with E-state index in [0.717, 1.165) is 24.0 Å². The Morgan fingerprint density at radius 1 is 0.949 bits per heavy atom. The number of ketones is 1. The number of ether oxygens (including phenoxy) is 5. The first-order chi connectivity index (χ1) is 27.4. The second-order valence-electron chi connectivity index (χ2n) is 18.7. The van der Waals surface area contributed by atoms with Crippen molar-refractivity contribution in [3.63, 3.8) is 0 Å². The van der Waals surface area contributed by atoms with E-state index in [1.165, 1.54) is 11.9 Å². The van der Waals surface area contributed by atoms with E-state index in [0.29, 0.717) is 30.7 Å². The number of guanidine groups is 1. The molecule has 2 unspecified atom stereocenters. The summed E-state index contributed by atoms with van der Waals surface area (Å²) in [6, 6.07) is 2.96. The average molecular weight is 828 g/mol. The number of nitrogens with one attached hydrogen (secondary N) is 4. The summed E-state index contributed by atoms with van der Waals surface area (Å²) < 4.78 is 28.2. The zero-order valence-corrected chi connectivity index (χ0v) is 36.2. The molecule has 18 nitrogen and oxygen atoms in total. The number of likely N-dealkylation sites (N-methyl/N-ethyl adjacent to an activating group) is 2. The predicted molar refractivity (Wildman–Crippen MR) is 215 cm³/mol. The normalized spacial score (nSPS) is 22.2. The molecule has 59 heavy (non-hydrogen) atoms. The lowest BCUT2D eigenvalue weighted by molar-refractivity contribution is -0.132. The van der Waals surface area contributed by atoms with Gasteiger partial charge in [0.25, 0.3) is 0 Å². The van der Waals surface area contributed by atoms with E-state index >= 15 is 0 Å². The van der Waals surface area contributed by atoms with Crippen LogP contribution in [-0.2, 0) is 35.6 Å². The molecule has 1 aromatic rings. The lowest BCUT2D eigenvalue weighted by atomic mass is 9.57. The fourth-order valence-electron chi connectivity index (χ4n) is 8.28. The molecule has 0 aromatic heterocycles. The molecule has 5 rings (SSSR count). The number of Topliss-reactive ketones (excluding diaryl/α,β-unsaturated/α-hetero) is 1. The summed E-state index contributed by atoms with van der Waals surface area (Å²) in [5.41, 5.74) is -0.801. The number of carbonyl (C=O) groups is 6. The first-order valence-electron chi connectivity index (χ1n) is 20.2. The Kier molecular flexibility index (Phi) is 13.1. The van der Waals surface area contributed by atoms with Gasteiger partial charge < -0.3 is 44.1 Å². The third-order valence-electron chi connectivity index (χ3n) is 10.4. The van der Waals surface area contributed by atoms with Gasteiger partial charge in [-0.1, -0.05) is 6.07 Å². The Morgan fingerprint density at radius 2 is 1.56 bits per heavy atom. The molecule has 5 atom stereocenters. The number of alkyl carbamates (subject to hydrolysis) is 3. The van der Waals surface area contributed by atoms with Crippen LogP contribution in [0.3, 0.4) is 0 Å². The third kappa shape index (κ3) is 10.9. The van der Waals surface area contributed by atoms with Crippen molar-refractivity contribution in [1.82, 2.24) is 31.1 Å². The number of benzene rings is 1. The Hall–Kier alpha value is -5.13. The fourth-order valence-corrected chi connectivity index (χ4v) is 8.28. The topological polar surface area (TPSA) is 216 Å². The highest BCUT2D eigenvalue weighted by atomic mass is 16.6. The number of nitrogens with zero attached hydrogens (tertiary/aromatic N) is 3.